The highest BCUT2D eigenvalue weighted by atomic mass is 33.1. The second-order valence-corrected chi connectivity index (χ2v) is 32.7. The highest BCUT2D eigenvalue weighted by molar-refractivity contribution is 8.76. The number of aliphatic imine (C=N–C) groups is 1. The molecule has 24 atom stereocenters. The normalized spacial score (nSPS) is 43.3. The van der Waals surface area contributed by atoms with E-state index in [-0.39, 0.29) is 117 Å². The summed E-state index contributed by atoms with van der Waals surface area (Å²) in [7, 11) is 4.93. The number of ether oxygens (including phenoxy) is 1. The molecule has 12 rings (SSSR count). The van der Waals surface area contributed by atoms with Gasteiger partial charge >= 0.3 is 5.97 Å². The van der Waals surface area contributed by atoms with E-state index in [1.54, 1.807) is 37.4 Å². The number of carbonyl (C=O) groups excluding carboxylic acids is 3. The van der Waals surface area contributed by atoms with E-state index in [9.17, 15) is 45.6 Å². The van der Waals surface area contributed by atoms with E-state index in [1.807, 2.05) is 19.3 Å². The Morgan fingerprint density at radius 2 is 1.72 bits per heavy atom. The number of cyclic esters (lactones) is 1. The third kappa shape index (κ3) is 12.0. The number of hydrogen-bond acceptors (Lipinski definition) is 18. The number of nitrogens with two attached hydrogens (primary N) is 2. The van der Waals surface area contributed by atoms with Crippen LogP contribution in [0.1, 0.15) is 146 Å². The van der Waals surface area contributed by atoms with Gasteiger partial charge in [-0.1, -0.05) is 64.6 Å². The van der Waals surface area contributed by atoms with Gasteiger partial charge in [0.1, 0.15) is 11.8 Å². The zero-order chi connectivity index (χ0) is 65.2. The SMILES string of the molecule is CNCC1CCCC(C23CC(O)C(O)C4CSSCC(c5ccc(O)cc5)CC(=O)C(CO)NC(=C5C2CCC2(CCN=C(N)N)C6C(CC#CC(C7COC(=O)C7c7cc[nH]c7)CC7C8CC(C)CCC8=CCC7C(C(O)O)CC(O)C6(C)O)CC52O)C(=O)C43)C1. The fourth-order valence-corrected chi connectivity index (χ4v) is 24.3. The molecule has 21 heteroatoms. The van der Waals surface area contributed by atoms with Crippen LogP contribution < -0.4 is 22.1 Å². The number of phenols is 1. The number of phenolic OH excluding ortho intramolecular Hbond substituents is 1. The number of fused-ring (bicyclic) bond motifs is 10. The van der Waals surface area contributed by atoms with Crippen molar-refractivity contribution in [3.05, 3.63) is 76.8 Å². The van der Waals surface area contributed by atoms with Gasteiger partial charge in [-0.05, 0) is 198 Å². The molecule has 0 amide bonds. The number of hydrogen-bond donors (Lipinski definition) is 14. The Labute approximate surface area is 549 Å². The molecule has 1 aromatic carbocycles. The van der Waals surface area contributed by atoms with Crippen LogP contribution in [0.15, 0.2) is 70.6 Å². The lowest BCUT2D eigenvalue weighted by molar-refractivity contribution is -0.209. The molecule has 2 bridgehead atoms. The van der Waals surface area contributed by atoms with Crippen LogP contribution in [0.25, 0.3) is 0 Å². The minimum atomic E-state index is -2.12. The van der Waals surface area contributed by atoms with Gasteiger partial charge in [-0.15, -0.1) is 5.92 Å². The number of H-pyrrole nitrogens is 1. The Balaban J connectivity index is 1.07. The van der Waals surface area contributed by atoms with E-state index >= 15 is 14.7 Å². The highest BCUT2D eigenvalue weighted by Gasteiger charge is 2.76. The number of aromatic hydroxyl groups is 1. The number of aromatic amines is 1. The number of allylic oxidation sites excluding steroid dienone is 3. The quantitative estimate of drug-likeness (QED) is 0.0250. The first-order valence-electron chi connectivity index (χ1n) is 34.3. The van der Waals surface area contributed by atoms with Crippen molar-refractivity contribution >= 4 is 45.1 Å². The van der Waals surface area contributed by atoms with Crippen LogP contribution >= 0.6 is 21.6 Å². The van der Waals surface area contributed by atoms with E-state index in [0.717, 1.165) is 56.2 Å². The maximum Gasteiger partial charge on any atom is 0.313 e. The number of carbonyl (C=O) groups is 3. The predicted octanol–water partition coefficient (Wildman–Crippen LogP) is 5.54. The molecule has 24 unspecified atom stereocenters. The predicted molar refractivity (Wildman–Crippen MR) is 351 cm³/mol. The van der Waals surface area contributed by atoms with Crippen molar-refractivity contribution in [2.24, 2.45) is 110 Å². The smallest absolute Gasteiger partial charge is 0.313 e. The van der Waals surface area contributed by atoms with E-state index in [2.05, 4.69) is 45.5 Å². The molecule has 16 N–H and O–H groups in total. The van der Waals surface area contributed by atoms with Crippen LogP contribution in [0.3, 0.4) is 0 Å². The monoisotopic (exact) mass is 1310 g/mol. The largest absolute Gasteiger partial charge is 0.508 e. The topological polar surface area (TPSA) is 347 Å². The molecule has 7 fully saturated rings. The Morgan fingerprint density at radius 1 is 0.935 bits per heavy atom. The molecule has 2 saturated heterocycles. The van der Waals surface area contributed by atoms with Crippen LogP contribution in [0.5, 0.6) is 5.75 Å². The van der Waals surface area contributed by atoms with Gasteiger partial charge in [-0.3, -0.25) is 19.4 Å². The first kappa shape index (κ1) is 67.5. The van der Waals surface area contributed by atoms with Gasteiger partial charge in [0.25, 0.3) is 0 Å². The van der Waals surface area contributed by atoms with Gasteiger partial charge in [-0.25, -0.2) is 0 Å². The van der Waals surface area contributed by atoms with Crippen molar-refractivity contribution in [1.29, 1.82) is 0 Å². The maximum absolute atomic E-state index is 17.0. The summed E-state index contributed by atoms with van der Waals surface area (Å²) >= 11 is 0. The highest BCUT2D eigenvalue weighted by Crippen LogP contribution is 2.75. The van der Waals surface area contributed by atoms with Gasteiger partial charge in [0, 0.05) is 90.1 Å². The fourth-order valence-electron chi connectivity index (χ4n) is 21.5. The van der Waals surface area contributed by atoms with Gasteiger partial charge in [0.2, 0.25) is 0 Å². The lowest BCUT2D eigenvalue weighted by atomic mass is 9.39. The summed E-state index contributed by atoms with van der Waals surface area (Å²) in [5, 5.41) is 120. The molecule has 1 aromatic heterocycles. The Morgan fingerprint density at radius 3 is 2.45 bits per heavy atom. The number of nitrogens with zero attached hydrogens (tertiary/aromatic N) is 1. The van der Waals surface area contributed by atoms with Crippen molar-refractivity contribution in [2.45, 2.75) is 177 Å². The number of esters is 1. The van der Waals surface area contributed by atoms with E-state index in [0.29, 0.717) is 42.9 Å². The van der Waals surface area contributed by atoms with Gasteiger partial charge in [0.15, 0.2) is 23.8 Å². The molecule has 0 radical (unpaired) electrons. The average molecular weight is 1310 g/mol. The number of aliphatic hydroxyl groups excluding tert-OH is 5. The number of guanidine groups is 1. The molecular weight excluding hydrogens is 1210 g/mol. The molecule has 3 heterocycles. The summed E-state index contributed by atoms with van der Waals surface area (Å²) in [5.41, 5.74) is 8.75. The zero-order valence-electron chi connectivity index (χ0n) is 53.6. The Kier molecular flexibility index (Phi) is 20.0. The van der Waals surface area contributed by atoms with Gasteiger partial charge < -0.3 is 77.8 Å². The number of rotatable bonds is 11. The Hall–Kier alpha value is -4.44. The van der Waals surface area contributed by atoms with E-state index in [1.165, 1.54) is 27.2 Å². The number of ketones is 2. The summed E-state index contributed by atoms with van der Waals surface area (Å²) in [5.74, 6) is -0.254. The molecule has 92 heavy (non-hydrogen) atoms. The molecule has 5 saturated carbocycles. The summed E-state index contributed by atoms with van der Waals surface area (Å²) in [6.45, 7) is 3.91. The minimum absolute atomic E-state index is 0.0243. The second kappa shape index (κ2) is 27.2. The molecular formula is C71H100N6O13S2. The molecule has 10 aliphatic rings. The summed E-state index contributed by atoms with van der Waals surface area (Å²) in [4.78, 5) is 53.9. The van der Waals surface area contributed by atoms with Crippen molar-refractivity contribution in [3.63, 3.8) is 0 Å². The first-order chi connectivity index (χ1) is 44.1. The van der Waals surface area contributed by atoms with Gasteiger partial charge in [0.05, 0.1) is 54.3 Å². The zero-order valence-corrected chi connectivity index (χ0v) is 55.2. The third-order valence-electron chi connectivity index (χ3n) is 25.5. The standard InChI is InChI=1S/C71H100N6O13S2/c1-37-10-11-40-14-17-47-49(48(40)24-37)26-41(51-34-90-66(87)58(51)43-19-22-75-32-43)7-5-8-42-29-71(89)60-53(18-20-69(71,21-23-76-67(72)73)64(42)68(2,88)57(82)28-50(47)65(85)86)70(45-9-4-6-38(25-45)31-74-3)30-56(81)62(83)52-36-92-91-35-44(39-12-15-46(79)16-13-39)27-55(80)54(33-78)77-61(60)63(84)59(52)70/h12-16,19,22,32,37-38,41-42,44-45,47-54,56-59,62,64-65,74-75,77-79,81-83,85-86,88-89H,4,6,8-11,17-18,20-21,23-31,33-36H2,1-3H3,(H4,72,73,76). The second-order valence-electron chi connectivity index (χ2n) is 30.1. The van der Waals surface area contributed by atoms with Crippen molar-refractivity contribution in [1.82, 2.24) is 15.6 Å². The van der Waals surface area contributed by atoms with Crippen LogP contribution in [0.2, 0.25) is 0 Å². The molecule has 0 spiro atoms. The first-order valence-corrected chi connectivity index (χ1v) is 36.8. The number of Topliss-reactive ketones (excluding diaryl/α,β-unsaturated/α-hetero) is 2. The number of nitrogens with one attached hydrogen (secondary N) is 3. The summed E-state index contributed by atoms with van der Waals surface area (Å²) in [6.07, 6.45) is 7.05. The maximum atomic E-state index is 17.0. The lowest BCUT2D eigenvalue weighted by Crippen LogP contribution is -2.69. The Bertz CT molecular complexity index is 3160. The lowest BCUT2D eigenvalue weighted by Gasteiger charge is -2.66. The molecule has 2 aliphatic heterocycles. The van der Waals surface area contributed by atoms with Crippen molar-refractivity contribution < 1.29 is 65.1 Å². The van der Waals surface area contributed by atoms with Crippen molar-refractivity contribution in [2.75, 3.05) is 44.9 Å². The van der Waals surface area contributed by atoms with Crippen LogP contribution in [0, 0.1) is 106 Å². The number of benzene rings is 1. The van der Waals surface area contributed by atoms with Gasteiger partial charge in [-0.2, -0.15) is 0 Å². The minimum Gasteiger partial charge on any atom is -0.508 e. The van der Waals surface area contributed by atoms with Crippen LogP contribution in [-0.2, 0) is 19.1 Å². The van der Waals surface area contributed by atoms with Crippen molar-refractivity contribution in [3.8, 4) is 17.6 Å². The fraction of sp³-hybridized carbons (Fsp3) is 0.718. The average Bonchev–Trinajstić information content (AvgIpc) is 1.26. The van der Waals surface area contributed by atoms with Crippen LogP contribution in [0.4, 0.5) is 0 Å². The number of aliphatic hydroxyl groups is 8. The third-order valence-corrected chi connectivity index (χ3v) is 28.0. The van der Waals surface area contributed by atoms with E-state index in [4.69, 9.17) is 16.2 Å². The summed E-state index contributed by atoms with van der Waals surface area (Å²) < 4.78 is 5.97. The molecule has 19 nitrogen and oxygen atoms in total. The molecule has 504 valence electrons. The molecule has 2 aromatic rings. The van der Waals surface area contributed by atoms with E-state index < -0.39 is 130 Å². The molecule has 8 aliphatic carbocycles. The number of aromatic nitrogens is 1. The summed E-state index contributed by atoms with van der Waals surface area (Å²) in [6, 6.07) is 7.21. The van der Waals surface area contributed by atoms with Crippen LogP contribution in [-0.4, -0.2) is 161 Å².